The van der Waals surface area contributed by atoms with Gasteiger partial charge in [-0.3, -0.25) is 0 Å². The Morgan fingerprint density at radius 2 is 1.88 bits per heavy atom. The summed E-state index contributed by atoms with van der Waals surface area (Å²) in [5.41, 5.74) is 2.02. The number of carbonyl (C=O) groups is 1. The van der Waals surface area contributed by atoms with Gasteiger partial charge in [0.05, 0.1) is 6.61 Å². The molecule has 0 fully saturated rings. The van der Waals surface area contributed by atoms with Gasteiger partial charge in [0.2, 0.25) is 0 Å². The highest BCUT2D eigenvalue weighted by molar-refractivity contribution is 9.13. The van der Waals surface area contributed by atoms with Crippen LogP contribution in [0.25, 0.3) is 0 Å². The number of aryl methyl sites for hydroxylation is 1. The quantitative estimate of drug-likeness (QED) is 0.250. The maximum absolute atomic E-state index is 11.3. The van der Waals surface area contributed by atoms with Crippen LogP contribution in [0.4, 0.5) is 0 Å². The summed E-state index contributed by atoms with van der Waals surface area (Å²) in [4.78, 5) is 13.9. The molecule has 2 nitrogen and oxygen atoms in total. The van der Waals surface area contributed by atoms with E-state index >= 15 is 0 Å². The monoisotopic (exact) mass is 472 g/mol. The molecule has 0 unspecified atom stereocenters. The summed E-state index contributed by atoms with van der Waals surface area (Å²) < 4.78 is 7.17. The minimum atomic E-state index is -0.303. The van der Waals surface area contributed by atoms with Crippen LogP contribution in [0.5, 0.6) is 0 Å². The summed E-state index contributed by atoms with van der Waals surface area (Å²) in [6.07, 6.45) is 12.5. The number of esters is 1. The minimum absolute atomic E-state index is 0.303. The van der Waals surface area contributed by atoms with Crippen LogP contribution in [0.15, 0.2) is 56.5 Å². The lowest BCUT2D eigenvalue weighted by atomic mass is 10.2. The van der Waals surface area contributed by atoms with Crippen LogP contribution in [0.1, 0.15) is 30.5 Å². The van der Waals surface area contributed by atoms with E-state index in [0.717, 1.165) is 26.5 Å². The van der Waals surface area contributed by atoms with Gasteiger partial charge in [-0.25, -0.2) is 4.79 Å². The standard InChI is InChI=1S/C19H22Br2O2S/c1-5-23-17(22)12-14(3)10-6-8-13(2)9-7-11-16-19(21)18(20)15(4)24-16/h6-10,12H,5,11H2,1-4H3. The van der Waals surface area contributed by atoms with Crippen molar-refractivity contribution in [3.8, 4) is 0 Å². The first-order chi connectivity index (χ1) is 11.3. The zero-order valence-electron chi connectivity index (χ0n) is 14.4. The normalized spacial score (nSPS) is 13.2. The van der Waals surface area contributed by atoms with Crippen molar-refractivity contribution < 1.29 is 9.53 Å². The molecule has 1 aromatic rings. The molecule has 1 rings (SSSR count). The van der Waals surface area contributed by atoms with Crippen molar-refractivity contribution in [3.63, 3.8) is 0 Å². The fourth-order valence-corrected chi connectivity index (χ4v) is 4.24. The molecule has 0 atom stereocenters. The van der Waals surface area contributed by atoms with Crippen LogP contribution >= 0.6 is 43.2 Å². The van der Waals surface area contributed by atoms with Crippen molar-refractivity contribution in [1.82, 2.24) is 0 Å². The predicted octanol–water partition coefficient (Wildman–Crippen LogP) is 6.69. The van der Waals surface area contributed by atoms with Crippen LogP contribution in [0.3, 0.4) is 0 Å². The Labute approximate surface area is 165 Å². The van der Waals surface area contributed by atoms with E-state index in [0.29, 0.717) is 6.61 Å². The summed E-state index contributed by atoms with van der Waals surface area (Å²) in [7, 11) is 0. The highest BCUT2D eigenvalue weighted by Gasteiger charge is 2.09. The van der Waals surface area contributed by atoms with Gasteiger partial charge in [0, 0.05) is 31.2 Å². The molecule has 0 aromatic carbocycles. The molecule has 0 radical (unpaired) electrons. The molecule has 130 valence electrons. The molecule has 0 amide bonds. The molecule has 24 heavy (non-hydrogen) atoms. The number of carbonyl (C=O) groups excluding carboxylic acids is 1. The number of thiophene rings is 1. The summed E-state index contributed by atoms with van der Waals surface area (Å²) in [6.45, 7) is 8.22. The van der Waals surface area contributed by atoms with Gasteiger partial charge in [-0.1, -0.05) is 36.0 Å². The van der Waals surface area contributed by atoms with E-state index in [9.17, 15) is 4.79 Å². The van der Waals surface area contributed by atoms with Gasteiger partial charge in [0.25, 0.3) is 0 Å². The van der Waals surface area contributed by atoms with Crippen LogP contribution in [0, 0.1) is 6.92 Å². The van der Waals surface area contributed by atoms with Gasteiger partial charge >= 0.3 is 5.97 Å². The maximum atomic E-state index is 11.3. The van der Waals surface area contributed by atoms with Gasteiger partial charge in [0.1, 0.15) is 0 Å². The molecular weight excluding hydrogens is 452 g/mol. The molecule has 0 aliphatic carbocycles. The third-order valence-corrected chi connectivity index (χ3v) is 7.11. The fraction of sp³-hybridized carbons (Fsp3) is 0.316. The van der Waals surface area contributed by atoms with Crippen molar-refractivity contribution in [2.24, 2.45) is 0 Å². The topological polar surface area (TPSA) is 26.3 Å². The van der Waals surface area contributed by atoms with Gasteiger partial charge in [-0.2, -0.15) is 0 Å². The number of allylic oxidation sites excluding steroid dienone is 7. The summed E-state index contributed by atoms with van der Waals surface area (Å²) >= 11 is 8.99. The van der Waals surface area contributed by atoms with Gasteiger partial charge in [0.15, 0.2) is 0 Å². The first-order valence-corrected chi connectivity index (χ1v) is 10.0. The van der Waals surface area contributed by atoms with E-state index in [4.69, 9.17) is 4.74 Å². The zero-order valence-corrected chi connectivity index (χ0v) is 18.3. The molecule has 0 aliphatic rings. The number of hydrogen-bond donors (Lipinski definition) is 0. The number of halogens is 2. The Bertz CT molecular complexity index is 694. The van der Waals surface area contributed by atoms with Gasteiger partial charge in [-0.05, 0) is 65.1 Å². The molecule has 0 saturated heterocycles. The summed E-state index contributed by atoms with van der Waals surface area (Å²) in [6, 6.07) is 0. The largest absolute Gasteiger partial charge is 0.463 e. The van der Waals surface area contributed by atoms with E-state index < -0.39 is 0 Å². The average Bonchev–Trinajstić information content (AvgIpc) is 2.75. The first kappa shape index (κ1) is 21.1. The maximum Gasteiger partial charge on any atom is 0.330 e. The molecular formula is C19H22Br2O2S. The second-order valence-electron chi connectivity index (χ2n) is 5.23. The average molecular weight is 474 g/mol. The highest BCUT2D eigenvalue weighted by atomic mass is 79.9. The van der Waals surface area contributed by atoms with Crippen molar-refractivity contribution in [1.29, 1.82) is 0 Å². The molecule has 0 saturated carbocycles. The molecule has 1 heterocycles. The second kappa shape index (κ2) is 10.9. The molecule has 0 aliphatic heterocycles. The molecule has 0 N–H and O–H groups in total. The Balaban J connectivity index is 2.59. The lowest BCUT2D eigenvalue weighted by molar-refractivity contribution is -0.137. The molecule has 0 spiro atoms. The molecule has 0 bridgehead atoms. The van der Waals surface area contributed by atoms with Gasteiger partial charge in [-0.15, -0.1) is 11.3 Å². The van der Waals surface area contributed by atoms with Crippen LogP contribution in [0.2, 0.25) is 0 Å². The number of ether oxygens (including phenoxy) is 1. The Hall–Kier alpha value is -0.910. The Kier molecular flexibility index (Phi) is 9.56. The van der Waals surface area contributed by atoms with E-state index in [-0.39, 0.29) is 5.97 Å². The van der Waals surface area contributed by atoms with E-state index in [1.165, 1.54) is 15.8 Å². The molecule has 5 heteroatoms. The third-order valence-electron chi connectivity index (χ3n) is 3.06. The van der Waals surface area contributed by atoms with E-state index in [1.54, 1.807) is 18.3 Å². The predicted molar refractivity (Wildman–Crippen MR) is 111 cm³/mol. The summed E-state index contributed by atoms with van der Waals surface area (Å²) in [5.74, 6) is -0.303. The molecule has 1 aromatic heterocycles. The lowest BCUT2D eigenvalue weighted by Crippen LogP contribution is -1.99. The van der Waals surface area contributed by atoms with Crippen molar-refractivity contribution >= 4 is 49.2 Å². The zero-order chi connectivity index (χ0) is 18.1. The number of rotatable bonds is 7. The van der Waals surface area contributed by atoms with Crippen molar-refractivity contribution in [2.45, 2.75) is 34.1 Å². The fourth-order valence-electron chi connectivity index (χ4n) is 1.86. The van der Waals surface area contributed by atoms with E-state index in [1.807, 2.05) is 25.2 Å². The second-order valence-corrected chi connectivity index (χ2v) is 8.12. The van der Waals surface area contributed by atoms with E-state index in [2.05, 4.69) is 57.9 Å². The van der Waals surface area contributed by atoms with Crippen molar-refractivity contribution in [2.75, 3.05) is 6.61 Å². The number of hydrogen-bond acceptors (Lipinski definition) is 3. The first-order valence-electron chi connectivity index (χ1n) is 7.65. The van der Waals surface area contributed by atoms with Crippen LogP contribution in [-0.4, -0.2) is 12.6 Å². The van der Waals surface area contributed by atoms with Crippen LogP contribution in [-0.2, 0) is 16.0 Å². The van der Waals surface area contributed by atoms with Gasteiger partial charge < -0.3 is 4.74 Å². The lowest BCUT2D eigenvalue weighted by Gasteiger charge is -1.96. The SMILES string of the molecule is CCOC(=O)C=C(C)C=CC=C(C)C=CCc1sc(C)c(Br)c1Br. The smallest absolute Gasteiger partial charge is 0.330 e. The third kappa shape index (κ3) is 7.32. The van der Waals surface area contributed by atoms with Crippen LogP contribution < -0.4 is 0 Å². The highest BCUT2D eigenvalue weighted by Crippen LogP contribution is 2.37. The minimum Gasteiger partial charge on any atom is -0.463 e. The Morgan fingerprint density at radius 1 is 1.17 bits per heavy atom. The van der Waals surface area contributed by atoms with Crippen molar-refractivity contribution in [3.05, 3.63) is 66.3 Å². The summed E-state index contributed by atoms with van der Waals surface area (Å²) in [5, 5.41) is 0. The Morgan fingerprint density at radius 3 is 2.46 bits per heavy atom.